The average molecular weight is 468 g/mol. The van der Waals surface area contributed by atoms with Gasteiger partial charge >= 0.3 is 6.18 Å². The van der Waals surface area contributed by atoms with Gasteiger partial charge < -0.3 is 9.80 Å². The Morgan fingerprint density at radius 3 is 2.50 bits per heavy atom. The van der Waals surface area contributed by atoms with Crippen LogP contribution in [-0.2, 0) is 11.0 Å². The summed E-state index contributed by atoms with van der Waals surface area (Å²) >= 11 is 0. The second-order valence-electron chi connectivity index (χ2n) is 8.32. The summed E-state index contributed by atoms with van der Waals surface area (Å²) in [4.78, 5) is 17.2. The van der Waals surface area contributed by atoms with E-state index < -0.39 is 12.0 Å². The van der Waals surface area contributed by atoms with E-state index in [2.05, 4.69) is 15.3 Å². The van der Waals surface area contributed by atoms with Crippen molar-refractivity contribution in [2.45, 2.75) is 25.9 Å². The van der Waals surface area contributed by atoms with Crippen LogP contribution in [-0.4, -0.2) is 45.4 Å². The number of anilines is 2. The molecule has 4 aromatic rings. The monoisotopic (exact) mass is 468 g/mol. The smallest absolute Gasteiger partial charge is 0.355 e. The van der Waals surface area contributed by atoms with E-state index in [9.17, 15) is 18.0 Å². The lowest BCUT2D eigenvalue weighted by atomic mass is 9.94. The number of hydrogen-bond acceptors (Lipinski definition) is 5. The van der Waals surface area contributed by atoms with Gasteiger partial charge in [0.25, 0.3) is 5.82 Å². The Morgan fingerprint density at radius 1 is 1.03 bits per heavy atom. The van der Waals surface area contributed by atoms with Gasteiger partial charge in [-0.05, 0) is 43.4 Å². The van der Waals surface area contributed by atoms with Gasteiger partial charge in [-0.25, -0.2) is 0 Å². The van der Waals surface area contributed by atoms with Crippen molar-refractivity contribution in [3.63, 3.8) is 0 Å². The predicted molar refractivity (Wildman–Crippen MR) is 123 cm³/mol. The number of carbonyl (C=O) groups is 1. The third-order valence-corrected chi connectivity index (χ3v) is 6.31. The van der Waals surface area contributed by atoms with Crippen molar-refractivity contribution in [1.82, 2.24) is 19.8 Å². The van der Waals surface area contributed by atoms with Crippen molar-refractivity contribution < 1.29 is 18.0 Å². The molecule has 0 saturated carbocycles. The zero-order valence-corrected chi connectivity index (χ0v) is 18.5. The van der Waals surface area contributed by atoms with E-state index in [1.54, 1.807) is 6.07 Å². The highest BCUT2D eigenvalue weighted by molar-refractivity contribution is 6.04. The van der Waals surface area contributed by atoms with Gasteiger partial charge in [-0.15, -0.1) is 15.3 Å². The number of hydrogen-bond donors (Lipinski definition) is 0. The number of aromatic nitrogens is 4. The van der Waals surface area contributed by atoms with Crippen molar-refractivity contribution in [2.75, 3.05) is 29.4 Å². The number of halogens is 3. The molecule has 3 heterocycles. The fourth-order valence-electron chi connectivity index (χ4n) is 4.59. The van der Waals surface area contributed by atoms with Crippen LogP contribution in [0.15, 0.2) is 54.6 Å². The van der Waals surface area contributed by atoms with Gasteiger partial charge in [0, 0.05) is 30.9 Å². The zero-order chi connectivity index (χ0) is 23.9. The summed E-state index contributed by atoms with van der Waals surface area (Å²) in [5, 5.41) is 13.0. The van der Waals surface area contributed by atoms with Crippen LogP contribution in [0.25, 0.3) is 16.4 Å². The lowest BCUT2D eigenvalue weighted by Gasteiger charge is -2.34. The third kappa shape index (κ3) is 3.93. The summed E-state index contributed by atoms with van der Waals surface area (Å²) in [5.74, 6) is -0.840. The van der Waals surface area contributed by atoms with Crippen LogP contribution < -0.4 is 9.80 Å². The molecule has 0 unspecified atom stereocenters. The molecule has 1 aliphatic heterocycles. The molecule has 34 heavy (non-hydrogen) atoms. The Kier molecular flexibility index (Phi) is 5.59. The second-order valence-corrected chi connectivity index (χ2v) is 8.32. The molecule has 0 atom stereocenters. The highest BCUT2D eigenvalue weighted by Crippen LogP contribution is 2.31. The molecule has 0 radical (unpaired) electrons. The fourth-order valence-corrected chi connectivity index (χ4v) is 4.59. The van der Waals surface area contributed by atoms with E-state index >= 15 is 0 Å². The first-order chi connectivity index (χ1) is 16.4. The number of benzene rings is 2. The first kappa shape index (κ1) is 22.1. The van der Waals surface area contributed by atoms with Crippen LogP contribution in [0, 0.1) is 5.92 Å². The minimum Gasteiger partial charge on any atom is -0.355 e. The summed E-state index contributed by atoms with van der Waals surface area (Å²) in [6, 6.07) is 17.1. The first-order valence-corrected chi connectivity index (χ1v) is 11.2. The molecule has 2 aromatic carbocycles. The van der Waals surface area contributed by atoms with E-state index in [0.717, 1.165) is 21.0 Å². The van der Waals surface area contributed by atoms with E-state index in [1.165, 1.54) is 6.07 Å². The fraction of sp³-hybridized carbons (Fsp3) is 0.333. The Hall–Kier alpha value is -3.69. The Bertz CT molecular complexity index is 1340. The van der Waals surface area contributed by atoms with Gasteiger partial charge in [0.15, 0.2) is 5.65 Å². The Balaban J connectivity index is 1.33. The SMILES string of the molecule is CCN(C(=O)C1CCN(c2ccc3nnc(C(F)(F)F)n3n2)CC1)c1cccc2ccccc12. The maximum atomic E-state index is 13.5. The molecule has 1 amide bonds. The standard InChI is InChI=1S/C24H23F3N6O/c1-2-32(19-9-5-7-16-6-3-4-8-18(16)19)22(34)17-12-14-31(15-13-17)21-11-10-20-28-29-23(24(25,26)27)33(20)30-21/h3-11,17H,2,12-15H2,1H3. The molecule has 1 saturated heterocycles. The molecular weight excluding hydrogens is 445 g/mol. The molecule has 7 nitrogen and oxygen atoms in total. The molecule has 1 aliphatic rings. The summed E-state index contributed by atoms with van der Waals surface area (Å²) in [6.07, 6.45) is -3.46. The van der Waals surface area contributed by atoms with Crippen LogP contribution in [0.4, 0.5) is 24.7 Å². The lowest BCUT2D eigenvalue weighted by molar-refractivity contribution is -0.146. The van der Waals surface area contributed by atoms with E-state index in [-0.39, 0.29) is 17.5 Å². The van der Waals surface area contributed by atoms with Crippen molar-refractivity contribution in [3.8, 4) is 0 Å². The zero-order valence-electron chi connectivity index (χ0n) is 18.5. The number of fused-ring (bicyclic) bond motifs is 2. The number of alkyl halides is 3. The molecule has 1 fully saturated rings. The van der Waals surface area contributed by atoms with Crippen molar-refractivity contribution in [1.29, 1.82) is 0 Å². The molecule has 0 bridgehead atoms. The number of piperidine rings is 1. The minimum atomic E-state index is -4.64. The van der Waals surface area contributed by atoms with Crippen molar-refractivity contribution in [2.24, 2.45) is 5.92 Å². The maximum absolute atomic E-state index is 13.5. The third-order valence-electron chi connectivity index (χ3n) is 6.31. The topological polar surface area (TPSA) is 66.6 Å². The first-order valence-electron chi connectivity index (χ1n) is 11.2. The second kappa shape index (κ2) is 8.58. The van der Waals surface area contributed by atoms with E-state index in [0.29, 0.717) is 38.3 Å². The van der Waals surface area contributed by atoms with Crippen molar-refractivity contribution >= 4 is 33.8 Å². The highest BCUT2D eigenvalue weighted by Gasteiger charge is 2.38. The summed E-state index contributed by atoms with van der Waals surface area (Å²) in [7, 11) is 0. The summed E-state index contributed by atoms with van der Waals surface area (Å²) in [5.41, 5.74) is 0.933. The molecule has 2 aromatic heterocycles. The number of nitrogens with zero attached hydrogens (tertiary/aromatic N) is 6. The quantitative estimate of drug-likeness (QED) is 0.439. The summed E-state index contributed by atoms with van der Waals surface area (Å²) < 4.78 is 40.3. The Morgan fingerprint density at radius 2 is 1.76 bits per heavy atom. The highest BCUT2D eigenvalue weighted by atomic mass is 19.4. The number of rotatable bonds is 4. The molecule has 10 heteroatoms. The maximum Gasteiger partial charge on any atom is 0.453 e. The van der Waals surface area contributed by atoms with Gasteiger partial charge in [-0.1, -0.05) is 36.4 Å². The normalized spacial score (nSPS) is 15.2. The molecule has 0 spiro atoms. The van der Waals surface area contributed by atoms with Crippen molar-refractivity contribution in [3.05, 3.63) is 60.4 Å². The lowest BCUT2D eigenvalue weighted by Crippen LogP contribution is -2.43. The van der Waals surface area contributed by atoms with Gasteiger partial charge in [0.1, 0.15) is 5.82 Å². The van der Waals surface area contributed by atoms with Gasteiger partial charge in [0.05, 0.1) is 5.69 Å². The largest absolute Gasteiger partial charge is 0.453 e. The predicted octanol–water partition coefficient (Wildman–Crippen LogP) is 4.57. The van der Waals surface area contributed by atoms with Gasteiger partial charge in [0.2, 0.25) is 5.91 Å². The van der Waals surface area contributed by atoms with Gasteiger partial charge in [-0.2, -0.15) is 17.7 Å². The minimum absolute atomic E-state index is 0.0369. The van der Waals surface area contributed by atoms with Crippen LogP contribution in [0.1, 0.15) is 25.6 Å². The Labute approximate surface area is 193 Å². The molecular formula is C24H23F3N6O. The van der Waals surface area contributed by atoms with E-state index in [4.69, 9.17) is 0 Å². The average Bonchev–Trinajstić information content (AvgIpc) is 3.29. The van der Waals surface area contributed by atoms with Crippen LogP contribution in [0.5, 0.6) is 0 Å². The van der Waals surface area contributed by atoms with Crippen LogP contribution >= 0.6 is 0 Å². The molecule has 5 rings (SSSR count). The number of amides is 1. The van der Waals surface area contributed by atoms with Gasteiger partial charge in [-0.3, -0.25) is 4.79 Å². The summed E-state index contributed by atoms with van der Waals surface area (Å²) in [6.45, 7) is 3.56. The van der Waals surface area contributed by atoms with Crippen LogP contribution in [0.3, 0.4) is 0 Å². The van der Waals surface area contributed by atoms with E-state index in [1.807, 2.05) is 59.2 Å². The van der Waals surface area contributed by atoms with Crippen LogP contribution in [0.2, 0.25) is 0 Å². The molecule has 0 N–H and O–H groups in total. The molecule has 0 aliphatic carbocycles. The number of carbonyl (C=O) groups excluding carboxylic acids is 1. The molecule has 176 valence electrons.